The first-order valence-electron chi connectivity index (χ1n) is 10.9. The van der Waals surface area contributed by atoms with E-state index in [1.165, 1.54) is 30.6 Å². The summed E-state index contributed by atoms with van der Waals surface area (Å²) in [6.07, 6.45) is 4.43. The van der Waals surface area contributed by atoms with E-state index < -0.39 is 23.4 Å². The highest BCUT2D eigenvalue weighted by Gasteiger charge is 2.34. The van der Waals surface area contributed by atoms with Crippen LogP contribution >= 0.6 is 0 Å². The van der Waals surface area contributed by atoms with Crippen LogP contribution in [0.2, 0.25) is 0 Å². The fourth-order valence-corrected chi connectivity index (χ4v) is 4.35. The van der Waals surface area contributed by atoms with Crippen LogP contribution in [0.25, 0.3) is 16.8 Å². The number of hydrogen-bond donors (Lipinski definition) is 1. The van der Waals surface area contributed by atoms with Gasteiger partial charge in [0.05, 0.1) is 24.0 Å². The van der Waals surface area contributed by atoms with Crippen molar-refractivity contribution in [2.24, 2.45) is 5.92 Å². The summed E-state index contributed by atoms with van der Waals surface area (Å²) in [5.41, 5.74) is 0.836. The molecule has 176 valence electrons. The van der Waals surface area contributed by atoms with Crippen molar-refractivity contribution in [1.29, 1.82) is 0 Å². The number of fused-ring (bicyclic) bond motifs is 1. The van der Waals surface area contributed by atoms with E-state index in [-0.39, 0.29) is 29.2 Å². The molecule has 8 nitrogen and oxygen atoms in total. The van der Waals surface area contributed by atoms with Crippen LogP contribution in [-0.2, 0) is 0 Å². The normalized spacial score (nSPS) is 18.4. The SMILES string of the molecule is CC1CCCN(C(=O)c2cc(F)c(F)cc2-n2nccn2)C1CNc1nc2ccc(F)cc2o1. The first kappa shape index (κ1) is 21.9. The minimum atomic E-state index is -1.13. The van der Waals surface area contributed by atoms with E-state index >= 15 is 0 Å². The Balaban J connectivity index is 1.42. The molecule has 1 saturated heterocycles. The lowest BCUT2D eigenvalue weighted by atomic mass is 9.90. The van der Waals surface area contributed by atoms with Crippen LogP contribution in [0.4, 0.5) is 19.2 Å². The molecule has 3 heterocycles. The van der Waals surface area contributed by atoms with Crippen LogP contribution in [0, 0.1) is 23.4 Å². The van der Waals surface area contributed by atoms with Crippen LogP contribution in [0.3, 0.4) is 0 Å². The number of carbonyl (C=O) groups excluding carboxylic acids is 1. The number of nitrogens with zero attached hydrogens (tertiary/aromatic N) is 5. The molecule has 1 amide bonds. The average molecular weight is 470 g/mol. The molecule has 0 bridgehead atoms. The molecule has 34 heavy (non-hydrogen) atoms. The summed E-state index contributed by atoms with van der Waals surface area (Å²) in [7, 11) is 0. The molecule has 4 aromatic rings. The second-order valence-electron chi connectivity index (χ2n) is 8.30. The van der Waals surface area contributed by atoms with Crippen LogP contribution in [0.1, 0.15) is 30.1 Å². The standard InChI is InChI=1S/C23H21F3N6O2/c1-13-3-2-8-31(20(13)12-27-23-30-18-5-4-14(24)9-21(18)34-23)22(33)15-10-16(25)17(26)11-19(15)32-28-6-7-29-32/h4-7,9-11,13,20H,2-3,8,12H2,1H3,(H,27,30). The van der Waals surface area contributed by atoms with Crippen LogP contribution < -0.4 is 5.32 Å². The fraction of sp³-hybridized carbons (Fsp3) is 0.304. The van der Waals surface area contributed by atoms with Crippen molar-refractivity contribution >= 4 is 23.0 Å². The van der Waals surface area contributed by atoms with E-state index in [0.717, 1.165) is 29.8 Å². The molecular formula is C23H21F3N6O2. The van der Waals surface area contributed by atoms with Gasteiger partial charge in [-0.1, -0.05) is 6.92 Å². The quantitative estimate of drug-likeness (QED) is 0.471. The first-order chi connectivity index (χ1) is 16.4. The summed E-state index contributed by atoms with van der Waals surface area (Å²) >= 11 is 0. The summed E-state index contributed by atoms with van der Waals surface area (Å²) in [5.74, 6) is -2.99. The van der Waals surface area contributed by atoms with Gasteiger partial charge in [-0.3, -0.25) is 4.79 Å². The predicted octanol–water partition coefficient (Wildman–Crippen LogP) is 4.18. The molecule has 2 aromatic carbocycles. The van der Waals surface area contributed by atoms with Crippen molar-refractivity contribution in [3.05, 3.63) is 65.7 Å². The monoisotopic (exact) mass is 470 g/mol. The van der Waals surface area contributed by atoms with Gasteiger partial charge in [0.1, 0.15) is 17.0 Å². The third-order valence-corrected chi connectivity index (χ3v) is 6.09. The number of hydrogen-bond acceptors (Lipinski definition) is 6. The molecule has 2 unspecified atom stereocenters. The van der Waals surface area contributed by atoms with Crippen molar-refractivity contribution < 1.29 is 22.4 Å². The van der Waals surface area contributed by atoms with Gasteiger partial charge >= 0.3 is 0 Å². The van der Waals surface area contributed by atoms with Crippen LogP contribution in [-0.4, -0.2) is 49.9 Å². The van der Waals surface area contributed by atoms with Gasteiger partial charge in [-0.2, -0.15) is 20.0 Å². The van der Waals surface area contributed by atoms with E-state index in [2.05, 4.69) is 20.5 Å². The molecule has 1 aliphatic rings. The number of oxazole rings is 1. The van der Waals surface area contributed by atoms with Gasteiger partial charge in [0.15, 0.2) is 17.2 Å². The lowest BCUT2D eigenvalue weighted by Gasteiger charge is -2.40. The Labute approximate surface area is 192 Å². The molecule has 5 rings (SSSR count). The molecule has 1 N–H and O–H groups in total. The minimum Gasteiger partial charge on any atom is -0.423 e. The van der Waals surface area contributed by atoms with Gasteiger partial charge in [-0.25, -0.2) is 13.2 Å². The van der Waals surface area contributed by atoms with Gasteiger partial charge in [0, 0.05) is 25.2 Å². The van der Waals surface area contributed by atoms with Gasteiger partial charge < -0.3 is 14.6 Å². The lowest BCUT2D eigenvalue weighted by Crippen LogP contribution is -2.51. The van der Waals surface area contributed by atoms with Crippen LogP contribution in [0.5, 0.6) is 0 Å². The number of carbonyl (C=O) groups is 1. The number of piperidine rings is 1. The molecule has 2 aromatic heterocycles. The number of rotatable bonds is 5. The van der Waals surface area contributed by atoms with Crippen molar-refractivity contribution in [3.63, 3.8) is 0 Å². The zero-order valence-corrected chi connectivity index (χ0v) is 18.2. The smallest absolute Gasteiger partial charge is 0.295 e. The molecule has 0 spiro atoms. The Morgan fingerprint density at radius 1 is 1.15 bits per heavy atom. The molecule has 2 atom stereocenters. The number of likely N-dealkylation sites (tertiary alicyclic amines) is 1. The van der Waals surface area contributed by atoms with Crippen LogP contribution in [0.15, 0.2) is 47.1 Å². The maximum atomic E-state index is 14.1. The number of nitrogens with one attached hydrogen (secondary N) is 1. The second kappa shape index (κ2) is 8.81. The first-order valence-corrected chi connectivity index (χ1v) is 10.9. The lowest BCUT2D eigenvalue weighted by molar-refractivity contribution is 0.0538. The van der Waals surface area contributed by atoms with E-state index in [9.17, 15) is 18.0 Å². The molecular weight excluding hydrogens is 449 g/mol. The highest BCUT2D eigenvalue weighted by Crippen LogP contribution is 2.28. The largest absolute Gasteiger partial charge is 0.423 e. The number of benzene rings is 2. The van der Waals surface area contributed by atoms with Crippen molar-refractivity contribution in [1.82, 2.24) is 24.9 Å². The van der Waals surface area contributed by atoms with E-state index in [1.807, 2.05) is 6.92 Å². The number of aromatic nitrogens is 4. The number of halogens is 3. The molecule has 1 fully saturated rings. The maximum Gasteiger partial charge on any atom is 0.295 e. The molecule has 0 radical (unpaired) electrons. The third-order valence-electron chi connectivity index (χ3n) is 6.09. The van der Waals surface area contributed by atoms with Gasteiger partial charge in [-0.15, -0.1) is 0 Å². The summed E-state index contributed by atoms with van der Waals surface area (Å²) in [5, 5.41) is 11.0. The highest BCUT2D eigenvalue weighted by atomic mass is 19.2. The van der Waals surface area contributed by atoms with E-state index in [1.54, 1.807) is 4.90 Å². The van der Waals surface area contributed by atoms with Crippen molar-refractivity contribution in [3.8, 4) is 5.69 Å². The fourth-order valence-electron chi connectivity index (χ4n) is 4.35. The second-order valence-corrected chi connectivity index (χ2v) is 8.30. The average Bonchev–Trinajstić information content (AvgIpc) is 3.49. The Hall–Kier alpha value is -3.89. The summed E-state index contributed by atoms with van der Waals surface area (Å²) in [4.78, 5) is 20.6. The van der Waals surface area contributed by atoms with E-state index in [4.69, 9.17) is 4.42 Å². The number of anilines is 1. The Bertz CT molecular complexity index is 1340. The zero-order chi connectivity index (χ0) is 23.8. The Kier molecular flexibility index (Phi) is 5.68. The van der Waals surface area contributed by atoms with E-state index in [0.29, 0.717) is 24.2 Å². The minimum absolute atomic E-state index is 0.0356. The predicted molar refractivity (Wildman–Crippen MR) is 117 cm³/mol. The number of amides is 1. The summed E-state index contributed by atoms with van der Waals surface area (Å²) in [6, 6.07) is 5.80. The van der Waals surface area contributed by atoms with Gasteiger partial charge in [0.2, 0.25) is 0 Å². The highest BCUT2D eigenvalue weighted by molar-refractivity contribution is 5.98. The zero-order valence-electron chi connectivity index (χ0n) is 18.2. The molecule has 0 aliphatic carbocycles. The molecule has 0 saturated carbocycles. The van der Waals surface area contributed by atoms with Gasteiger partial charge in [0.25, 0.3) is 11.9 Å². The topological polar surface area (TPSA) is 89.1 Å². The van der Waals surface area contributed by atoms with Crippen molar-refractivity contribution in [2.75, 3.05) is 18.4 Å². The Morgan fingerprint density at radius 3 is 2.71 bits per heavy atom. The molecule has 11 heteroatoms. The van der Waals surface area contributed by atoms with Crippen molar-refractivity contribution in [2.45, 2.75) is 25.8 Å². The molecule has 1 aliphatic heterocycles. The van der Waals surface area contributed by atoms with Gasteiger partial charge in [-0.05, 0) is 37.0 Å². The third kappa shape index (κ3) is 4.09. The maximum absolute atomic E-state index is 14.1. The Morgan fingerprint density at radius 2 is 1.91 bits per heavy atom. The summed E-state index contributed by atoms with van der Waals surface area (Å²) < 4.78 is 47.2. The summed E-state index contributed by atoms with van der Waals surface area (Å²) in [6.45, 7) is 2.77.